The monoisotopic (exact) mass is 637 g/mol. The van der Waals surface area contributed by atoms with Crippen molar-refractivity contribution in [2.45, 2.75) is 19.6 Å². The number of hydrogen-bond acceptors (Lipinski definition) is 9. The molecule has 1 N–H and O–H groups in total. The van der Waals surface area contributed by atoms with E-state index < -0.39 is 17.6 Å². The van der Waals surface area contributed by atoms with Crippen LogP contribution in [0.15, 0.2) is 42.6 Å². The maximum absolute atomic E-state index is 14.1. The average Bonchev–Trinajstić information content (AvgIpc) is 3.40. The first-order valence-corrected chi connectivity index (χ1v) is 15.3. The Kier molecular flexibility index (Phi) is 8.86. The van der Waals surface area contributed by atoms with Crippen LogP contribution >= 0.6 is 0 Å². The lowest BCUT2D eigenvalue weighted by molar-refractivity contribution is -0.138. The number of hydrogen-bond donors (Lipinski definition) is 1. The van der Waals surface area contributed by atoms with E-state index in [1.165, 1.54) is 12.1 Å². The highest BCUT2D eigenvalue weighted by atomic mass is 19.4. The van der Waals surface area contributed by atoms with Crippen LogP contribution in [0.3, 0.4) is 0 Å². The number of aryl methyl sites for hydroxylation is 2. The lowest BCUT2D eigenvalue weighted by atomic mass is 10.0. The molecule has 46 heavy (non-hydrogen) atoms. The maximum Gasteiger partial charge on any atom is 0.416 e. The second-order valence-corrected chi connectivity index (χ2v) is 12.1. The van der Waals surface area contributed by atoms with Crippen molar-refractivity contribution in [3.05, 3.63) is 64.8 Å². The van der Waals surface area contributed by atoms with Gasteiger partial charge in [-0.15, -0.1) is 0 Å². The minimum absolute atomic E-state index is 0.0622. The fourth-order valence-electron chi connectivity index (χ4n) is 5.67. The van der Waals surface area contributed by atoms with Crippen molar-refractivity contribution in [3.63, 3.8) is 0 Å². The largest absolute Gasteiger partial charge is 0.438 e. The van der Waals surface area contributed by atoms with Gasteiger partial charge in [-0.3, -0.25) is 14.4 Å². The van der Waals surface area contributed by atoms with E-state index in [-0.39, 0.29) is 23.4 Å². The number of ether oxygens (including phenoxy) is 1. The Bertz CT molecular complexity index is 1730. The highest BCUT2D eigenvalue weighted by Gasteiger charge is 2.34. The molecule has 2 saturated heterocycles. The van der Waals surface area contributed by atoms with Gasteiger partial charge in [0.1, 0.15) is 11.1 Å². The smallest absolute Gasteiger partial charge is 0.416 e. The van der Waals surface area contributed by atoms with E-state index >= 15 is 0 Å². The van der Waals surface area contributed by atoms with Gasteiger partial charge in [0, 0.05) is 77.2 Å². The first-order chi connectivity index (χ1) is 21.9. The van der Waals surface area contributed by atoms with Gasteiger partial charge in [-0.1, -0.05) is 12.1 Å². The number of nitrogens with zero attached hydrogens (tertiary/aromatic N) is 8. The van der Waals surface area contributed by atoms with Crippen molar-refractivity contribution in [3.8, 4) is 11.6 Å². The highest BCUT2D eigenvalue weighted by Crippen LogP contribution is 2.35. The quantitative estimate of drug-likeness (QED) is 0.320. The maximum atomic E-state index is 14.1. The topological polar surface area (TPSA) is 94.9 Å². The van der Waals surface area contributed by atoms with Gasteiger partial charge in [-0.25, -0.2) is 0 Å². The summed E-state index contributed by atoms with van der Waals surface area (Å²) in [5.74, 6) is 0.664. The highest BCUT2D eigenvalue weighted by molar-refractivity contribution is 6.04. The van der Waals surface area contributed by atoms with Crippen molar-refractivity contribution >= 4 is 28.6 Å². The zero-order chi connectivity index (χ0) is 32.6. The summed E-state index contributed by atoms with van der Waals surface area (Å²) in [6.45, 7) is 8.32. The Morgan fingerprint density at radius 2 is 1.61 bits per heavy atom. The molecule has 0 radical (unpaired) electrons. The Hall–Kier alpha value is -4.27. The Balaban J connectivity index is 1.23. The van der Waals surface area contributed by atoms with Gasteiger partial charge >= 0.3 is 6.18 Å². The summed E-state index contributed by atoms with van der Waals surface area (Å²) in [7, 11) is 5.87. The summed E-state index contributed by atoms with van der Waals surface area (Å²) >= 11 is 0. The number of carbonyl (C=O) groups excluding carboxylic acids is 1. The summed E-state index contributed by atoms with van der Waals surface area (Å²) in [5, 5.41) is 7.59. The van der Waals surface area contributed by atoms with E-state index in [1.807, 2.05) is 18.9 Å². The molecule has 2 aromatic heterocycles. The molecule has 2 aliphatic rings. The second kappa shape index (κ2) is 12.9. The summed E-state index contributed by atoms with van der Waals surface area (Å²) in [5.41, 5.74) is 1.09. The van der Waals surface area contributed by atoms with Gasteiger partial charge in [0.2, 0.25) is 11.8 Å². The number of rotatable bonds is 7. The molecular weight excluding hydrogens is 599 g/mol. The lowest BCUT2D eigenvalue weighted by Crippen LogP contribution is -2.45. The fourth-order valence-corrected chi connectivity index (χ4v) is 5.67. The molecule has 6 rings (SSSR count). The molecule has 11 nitrogen and oxygen atoms in total. The molecule has 4 aromatic rings. The normalized spacial score (nSPS) is 17.1. The number of halogens is 3. The van der Waals surface area contributed by atoms with Crippen LogP contribution in [0.5, 0.6) is 11.6 Å². The lowest BCUT2D eigenvalue weighted by Gasteiger charge is -2.33. The molecule has 0 atom stereocenters. The number of benzene rings is 2. The molecule has 0 saturated carbocycles. The molecule has 0 bridgehead atoms. The van der Waals surface area contributed by atoms with Crippen molar-refractivity contribution in [1.82, 2.24) is 34.4 Å². The van der Waals surface area contributed by atoms with Gasteiger partial charge in [-0.2, -0.15) is 28.2 Å². The fraction of sp³-hybridized carbons (Fsp3) is 0.438. The van der Waals surface area contributed by atoms with E-state index in [9.17, 15) is 18.0 Å². The Labute approximate surface area is 265 Å². The first kappa shape index (κ1) is 31.7. The third-order valence-electron chi connectivity index (χ3n) is 8.65. The van der Waals surface area contributed by atoms with Crippen molar-refractivity contribution in [1.29, 1.82) is 0 Å². The van der Waals surface area contributed by atoms with Crippen molar-refractivity contribution in [2.75, 3.05) is 76.7 Å². The van der Waals surface area contributed by atoms with Gasteiger partial charge in [0.25, 0.3) is 5.91 Å². The SMILES string of the molecule is Cc1ccc(C(=O)Nc2ccc(CN3CCN(C)CC3)c(C(F)(F)F)c2)cc1Oc1nc(N2CCN(C)CC2)nc2c1cnn2C. The molecule has 2 aromatic carbocycles. The van der Waals surface area contributed by atoms with Crippen LogP contribution in [0.2, 0.25) is 0 Å². The number of nitrogens with one attached hydrogen (secondary N) is 1. The predicted octanol–water partition coefficient (Wildman–Crippen LogP) is 4.23. The van der Waals surface area contributed by atoms with Crippen LogP contribution in [-0.2, 0) is 19.8 Å². The van der Waals surface area contributed by atoms with Crippen molar-refractivity contribution in [2.24, 2.45) is 7.05 Å². The zero-order valence-electron chi connectivity index (χ0n) is 26.4. The van der Waals surface area contributed by atoms with Gasteiger partial charge in [0.15, 0.2) is 5.65 Å². The third-order valence-corrected chi connectivity index (χ3v) is 8.65. The Morgan fingerprint density at radius 3 is 2.30 bits per heavy atom. The number of amides is 1. The standard InChI is InChI=1S/C32H38F3N9O2/c1-21-5-6-22(29(45)37-24-8-7-23(26(18-24)32(33,34)35)20-43-13-9-40(2)10-14-43)17-27(21)46-30-25-19-36-42(4)28(25)38-31(39-30)44-15-11-41(3)12-16-44/h5-8,17-19H,9-16,20H2,1-4H3,(H,37,45). The summed E-state index contributed by atoms with van der Waals surface area (Å²) in [6, 6.07) is 8.88. The van der Waals surface area contributed by atoms with Crippen LogP contribution in [0.25, 0.3) is 11.0 Å². The van der Waals surface area contributed by atoms with E-state index in [0.717, 1.165) is 50.9 Å². The number of piperazine rings is 2. The number of alkyl halides is 3. The average molecular weight is 638 g/mol. The summed E-state index contributed by atoms with van der Waals surface area (Å²) in [4.78, 5) is 31.3. The molecule has 244 valence electrons. The third kappa shape index (κ3) is 6.93. The zero-order valence-corrected chi connectivity index (χ0v) is 26.4. The van der Waals surface area contributed by atoms with Crippen LogP contribution in [0.1, 0.15) is 27.0 Å². The van der Waals surface area contributed by atoms with Gasteiger partial charge < -0.3 is 24.8 Å². The molecule has 4 heterocycles. The van der Waals surface area contributed by atoms with Crippen molar-refractivity contribution < 1.29 is 22.7 Å². The summed E-state index contributed by atoms with van der Waals surface area (Å²) in [6.07, 6.45) is -2.93. The number of likely N-dealkylation sites (N-methyl/N-ethyl adjacent to an activating group) is 2. The minimum Gasteiger partial charge on any atom is -0.438 e. The minimum atomic E-state index is -4.56. The Morgan fingerprint density at radius 1 is 0.913 bits per heavy atom. The van der Waals surface area contributed by atoms with Gasteiger partial charge in [0.05, 0.1) is 11.8 Å². The summed E-state index contributed by atoms with van der Waals surface area (Å²) < 4.78 is 50.3. The molecule has 2 fully saturated rings. The molecule has 14 heteroatoms. The van der Waals surface area contributed by atoms with Crippen LogP contribution in [-0.4, -0.2) is 107 Å². The molecule has 1 amide bonds. The van der Waals surface area contributed by atoms with Crippen LogP contribution in [0.4, 0.5) is 24.8 Å². The van der Waals surface area contributed by atoms with E-state index in [0.29, 0.717) is 41.7 Å². The van der Waals surface area contributed by atoms with E-state index in [2.05, 4.69) is 32.2 Å². The number of anilines is 2. The molecule has 2 aliphatic heterocycles. The predicted molar refractivity (Wildman–Crippen MR) is 169 cm³/mol. The van der Waals surface area contributed by atoms with Gasteiger partial charge in [-0.05, 0) is 56.4 Å². The molecule has 0 spiro atoms. The molecule has 0 unspecified atom stereocenters. The molecule has 0 aliphatic carbocycles. The van der Waals surface area contributed by atoms with E-state index in [4.69, 9.17) is 14.7 Å². The van der Waals surface area contributed by atoms with E-state index in [1.54, 1.807) is 36.1 Å². The number of carbonyl (C=O) groups is 1. The van der Waals surface area contributed by atoms with Crippen LogP contribution in [0, 0.1) is 6.92 Å². The molecular formula is C32H38F3N9O2. The number of fused-ring (bicyclic) bond motifs is 1. The first-order valence-electron chi connectivity index (χ1n) is 15.3. The number of aromatic nitrogens is 4. The van der Waals surface area contributed by atoms with Crippen LogP contribution < -0.4 is 15.0 Å². The second-order valence-electron chi connectivity index (χ2n) is 12.1.